The van der Waals surface area contributed by atoms with Crippen molar-refractivity contribution in [2.75, 3.05) is 19.6 Å². The molecule has 1 amide bonds. The lowest BCUT2D eigenvalue weighted by Crippen LogP contribution is -2.56. The van der Waals surface area contributed by atoms with Crippen LogP contribution in [0.15, 0.2) is 66.2 Å². The lowest BCUT2D eigenvalue weighted by molar-refractivity contribution is -0.140. The van der Waals surface area contributed by atoms with Crippen molar-refractivity contribution in [3.8, 4) is 5.75 Å². The van der Waals surface area contributed by atoms with Gasteiger partial charge in [-0.2, -0.15) is 0 Å². The Hall–Kier alpha value is -2.63. The highest BCUT2D eigenvalue weighted by Gasteiger charge is 2.36. The third-order valence-electron chi connectivity index (χ3n) is 8.53. The molecule has 2 fully saturated rings. The van der Waals surface area contributed by atoms with Gasteiger partial charge in [0.15, 0.2) is 0 Å². The number of rotatable bonds is 11. The molecule has 4 rings (SSSR count). The Morgan fingerprint density at radius 2 is 1.70 bits per heavy atom. The number of hydrogen-bond acceptors (Lipinski definition) is 4. The zero-order chi connectivity index (χ0) is 28.5. The minimum Gasteiger partial charge on any atom is -0.489 e. The number of ether oxygens (including phenoxy) is 1. The predicted molar refractivity (Wildman–Crippen MR) is 165 cm³/mol. The van der Waals surface area contributed by atoms with E-state index in [1.165, 1.54) is 23.1 Å². The van der Waals surface area contributed by atoms with E-state index < -0.39 is 0 Å². The first-order chi connectivity index (χ1) is 19.3. The van der Waals surface area contributed by atoms with Crippen LogP contribution in [-0.2, 0) is 11.4 Å². The fourth-order valence-electron chi connectivity index (χ4n) is 6.11. The number of piperidine rings is 2. The standard InChI is InChI=1S/C35H51N3O2/c1-26(2)18-23-38-28(5)10-9-13-34(38)35(39)37-21-19-31(20-22-37)36-33(24-27(3)4)30-14-16-32(17-15-30)40-25-29-11-7-6-8-12-29/h6-8,11-12,14-17,24,26,28,31,33-34,36H,9-10,13,18-23,25H2,1-5H3. The van der Waals surface area contributed by atoms with Crippen molar-refractivity contribution in [3.05, 3.63) is 77.4 Å². The van der Waals surface area contributed by atoms with Gasteiger partial charge in [0.05, 0.1) is 12.1 Å². The average Bonchev–Trinajstić information content (AvgIpc) is 2.95. The molecule has 0 aromatic heterocycles. The van der Waals surface area contributed by atoms with Gasteiger partial charge in [0.2, 0.25) is 5.91 Å². The van der Waals surface area contributed by atoms with Crippen LogP contribution >= 0.6 is 0 Å². The summed E-state index contributed by atoms with van der Waals surface area (Å²) < 4.78 is 6.01. The minimum atomic E-state index is 0.0630. The Morgan fingerprint density at radius 3 is 2.35 bits per heavy atom. The molecule has 2 aliphatic rings. The maximum absolute atomic E-state index is 13.7. The number of nitrogens with one attached hydrogen (secondary N) is 1. The monoisotopic (exact) mass is 545 g/mol. The Labute approximate surface area is 243 Å². The van der Waals surface area contributed by atoms with Crippen molar-refractivity contribution >= 4 is 5.91 Å². The molecule has 0 aliphatic carbocycles. The molecule has 3 unspecified atom stereocenters. The van der Waals surface area contributed by atoms with Gasteiger partial charge in [0.1, 0.15) is 12.4 Å². The van der Waals surface area contributed by atoms with Crippen LogP contribution in [0.25, 0.3) is 0 Å². The fraction of sp³-hybridized carbons (Fsp3) is 0.571. The second kappa shape index (κ2) is 14.8. The Balaban J connectivity index is 1.32. The summed E-state index contributed by atoms with van der Waals surface area (Å²) in [7, 11) is 0. The largest absolute Gasteiger partial charge is 0.489 e. The van der Waals surface area contributed by atoms with E-state index in [9.17, 15) is 4.79 Å². The first-order valence-electron chi connectivity index (χ1n) is 15.5. The molecule has 0 spiro atoms. The maximum Gasteiger partial charge on any atom is 0.239 e. The Kier molecular flexibility index (Phi) is 11.3. The van der Waals surface area contributed by atoms with Crippen LogP contribution < -0.4 is 10.1 Å². The highest BCUT2D eigenvalue weighted by atomic mass is 16.5. The zero-order valence-electron chi connectivity index (χ0n) is 25.4. The molecule has 0 bridgehead atoms. The summed E-state index contributed by atoms with van der Waals surface area (Å²) in [5, 5.41) is 3.90. The maximum atomic E-state index is 13.7. The van der Waals surface area contributed by atoms with Crippen LogP contribution in [0.3, 0.4) is 0 Å². The van der Waals surface area contributed by atoms with E-state index in [4.69, 9.17) is 4.74 Å². The molecule has 5 nitrogen and oxygen atoms in total. The summed E-state index contributed by atoms with van der Waals surface area (Å²) in [6.07, 6.45) is 8.83. The number of allylic oxidation sites excluding steroid dienone is 1. The number of likely N-dealkylation sites (tertiary alicyclic amines) is 2. The molecule has 3 atom stereocenters. The van der Waals surface area contributed by atoms with E-state index in [1.807, 2.05) is 18.2 Å². The highest BCUT2D eigenvalue weighted by molar-refractivity contribution is 5.82. The SMILES string of the molecule is CC(C)=CC(NC1CCN(C(=O)C2CCCC(C)N2CCC(C)C)CC1)c1ccc(OCc2ccccc2)cc1. The molecular weight excluding hydrogens is 494 g/mol. The van der Waals surface area contributed by atoms with Gasteiger partial charge in [-0.1, -0.05) is 68.0 Å². The van der Waals surface area contributed by atoms with Crippen LogP contribution in [0, 0.1) is 5.92 Å². The van der Waals surface area contributed by atoms with E-state index in [1.54, 1.807) is 0 Å². The van der Waals surface area contributed by atoms with Crippen LogP contribution in [0.2, 0.25) is 0 Å². The number of hydrogen-bond donors (Lipinski definition) is 1. The molecule has 218 valence electrons. The Bertz CT molecular complexity index is 1070. The van der Waals surface area contributed by atoms with Crippen LogP contribution in [0.1, 0.15) is 90.3 Å². The summed E-state index contributed by atoms with van der Waals surface area (Å²) in [6, 6.07) is 19.9. The summed E-state index contributed by atoms with van der Waals surface area (Å²) in [4.78, 5) is 18.3. The molecule has 2 saturated heterocycles. The normalized spacial score (nSPS) is 21.3. The second-order valence-corrected chi connectivity index (χ2v) is 12.5. The molecule has 2 aliphatic heterocycles. The van der Waals surface area contributed by atoms with Gasteiger partial charge in [-0.05, 0) is 95.0 Å². The number of carbonyl (C=O) groups excluding carboxylic acids is 1. The second-order valence-electron chi connectivity index (χ2n) is 12.5. The third-order valence-corrected chi connectivity index (χ3v) is 8.53. The molecule has 0 radical (unpaired) electrons. The lowest BCUT2D eigenvalue weighted by atomic mass is 9.93. The highest BCUT2D eigenvalue weighted by Crippen LogP contribution is 2.27. The van der Waals surface area contributed by atoms with Crippen LogP contribution in [0.5, 0.6) is 5.75 Å². The topological polar surface area (TPSA) is 44.8 Å². The van der Waals surface area contributed by atoms with E-state index in [-0.39, 0.29) is 12.1 Å². The summed E-state index contributed by atoms with van der Waals surface area (Å²) in [5.74, 6) is 1.91. The molecule has 2 aromatic rings. The van der Waals surface area contributed by atoms with Gasteiger partial charge in [0, 0.05) is 25.2 Å². The average molecular weight is 546 g/mol. The Morgan fingerprint density at radius 1 is 1.00 bits per heavy atom. The number of nitrogens with zero attached hydrogens (tertiary/aromatic N) is 2. The van der Waals surface area contributed by atoms with Gasteiger partial charge in [-0.25, -0.2) is 0 Å². The van der Waals surface area contributed by atoms with E-state index in [2.05, 4.69) is 92.2 Å². The van der Waals surface area contributed by atoms with Crippen LogP contribution in [-0.4, -0.2) is 53.5 Å². The van der Waals surface area contributed by atoms with Crippen molar-refractivity contribution in [1.82, 2.24) is 15.1 Å². The van der Waals surface area contributed by atoms with Gasteiger partial charge < -0.3 is 15.0 Å². The molecule has 0 saturated carbocycles. The molecule has 40 heavy (non-hydrogen) atoms. The van der Waals surface area contributed by atoms with E-state index in [0.29, 0.717) is 30.5 Å². The summed E-state index contributed by atoms with van der Waals surface area (Å²) >= 11 is 0. The van der Waals surface area contributed by atoms with Crippen molar-refractivity contribution in [3.63, 3.8) is 0 Å². The molecule has 5 heteroatoms. The quantitative estimate of drug-likeness (QED) is 0.305. The van der Waals surface area contributed by atoms with Gasteiger partial charge in [-0.3, -0.25) is 9.69 Å². The van der Waals surface area contributed by atoms with Crippen molar-refractivity contribution in [2.45, 2.75) is 104 Å². The summed E-state index contributed by atoms with van der Waals surface area (Å²) in [6.45, 7) is 14.5. The van der Waals surface area contributed by atoms with Crippen LogP contribution in [0.4, 0.5) is 0 Å². The minimum absolute atomic E-state index is 0.0630. The third kappa shape index (κ3) is 8.68. The van der Waals surface area contributed by atoms with Gasteiger partial charge in [-0.15, -0.1) is 0 Å². The first-order valence-corrected chi connectivity index (χ1v) is 15.5. The smallest absolute Gasteiger partial charge is 0.239 e. The summed E-state index contributed by atoms with van der Waals surface area (Å²) in [5.41, 5.74) is 3.70. The van der Waals surface area contributed by atoms with Gasteiger partial charge >= 0.3 is 0 Å². The van der Waals surface area contributed by atoms with E-state index >= 15 is 0 Å². The van der Waals surface area contributed by atoms with Gasteiger partial charge in [0.25, 0.3) is 0 Å². The number of amides is 1. The molecule has 1 N–H and O–H groups in total. The molecule has 2 aromatic carbocycles. The number of carbonyl (C=O) groups is 1. The predicted octanol–water partition coefficient (Wildman–Crippen LogP) is 7.14. The van der Waals surface area contributed by atoms with Crippen molar-refractivity contribution in [1.29, 1.82) is 0 Å². The number of benzene rings is 2. The van der Waals surface area contributed by atoms with Crippen molar-refractivity contribution in [2.24, 2.45) is 5.92 Å². The molecule has 2 heterocycles. The molecular formula is C35H51N3O2. The lowest BCUT2D eigenvalue weighted by Gasteiger charge is -2.43. The zero-order valence-corrected chi connectivity index (χ0v) is 25.4. The first kappa shape index (κ1) is 30.3. The van der Waals surface area contributed by atoms with Crippen molar-refractivity contribution < 1.29 is 9.53 Å². The fourth-order valence-corrected chi connectivity index (χ4v) is 6.11. The van der Waals surface area contributed by atoms with E-state index in [0.717, 1.165) is 57.5 Å².